The van der Waals surface area contributed by atoms with Crippen molar-refractivity contribution in [2.75, 3.05) is 0 Å². The van der Waals surface area contributed by atoms with Gasteiger partial charge in [0.05, 0.1) is 0 Å². The zero-order valence-electron chi connectivity index (χ0n) is 9.67. The van der Waals surface area contributed by atoms with Crippen LogP contribution < -0.4 is 0 Å². The summed E-state index contributed by atoms with van der Waals surface area (Å²) < 4.78 is 0. The van der Waals surface area contributed by atoms with Gasteiger partial charge in [-0.1, -0.05) is 11.3 Å². The van der Waals surface area contributed by atoms with Gasteiger partial charge in [0.1, 0.15) is 11.1 Å². The van der Waals surface area contributed by atoms with E-state index >= 15 is 0 Å². The molecule has 1 heterocycles. The van der Waals surface area contributed by atoms with Crippen molar-refractivity contribution in [3.63, 3.8) is 0 Å². The molecule has 0 N–H and O–H groups in total. The summed E-state index contributed by atoms with van der Waals surface area (Å²) in [5, 5.41) is 18.8. The predicted molar refractivity (Wildman–Crippen MR) is 64.4 cm³/mol. The highest BCUT2D eigenvalue weighted by Crippen LogP contribution is 2.59. The molecule has 4 aliphatic carbocycles. The highest BCUT2D eigenvalue weighted by atomic mass is 32.1. The van der Waals surface area contributed by atoms with Gasteiger partial charge < -0.3 is 0 Å². The maximum atomic E-state index is 8.86. The lowest BCUT2D eigenvalue weighted by Crippen LogP contribution is -2.43. The summed E-state index contributed by atoms with van der Waals surface area (Å²) >= 11 is 1.53. The number of hydrogen-bond donors (Lipinski definition) is 0. The first kappa shape index (κ1) is 10.0. The Balaban J connectivity index is 1.68. The van der Waals surface area contributed by atoms with Crippen LogP contribution in [0, 0.1) is 35.0 Å². The van der Waals surface area contributed by atoms with E-state index < -0.39 is 0 Å². The molecule has 88 valence electrons. The van der Waals surface area contributed by atoms with E-state index in [0.29, 0.717) is 10.9 Å². The van der Waals surface area contributed by atoms with Gasteiger partial charge in [0, 0.05) is 5.92 Å². The van der Waals surface area contributed by atoms with E-state index in [1.54, 1.807) is 0 Å². The second kappa shape index (κ2) is 3.52. The highest BCUT2D eigenvalue weighted by Gasteiger charge is 2.49. The largest absolute Gasteiger partial charge is 0.217 e. The molecule has 4 aliphatic rings. The first-order valence-corrected chi connectivity index (χ1v) is 7.38. The molecule has 4 fully saturated rings. The molecular weight excluding hydrogens is 230 g/mol. The summed E-state index contributed by atoms with van der Waals surface area (Å²) in [5.41, 5.74) is 0. The van der Waals surface area contributed by atoms with Gasteiger partial charge in [-0.2, -0.15) is 5.26 Å². The molecule has 1 aromatic rings. The highest BCUT2D eigenvalue weighted by molar-refractivity contribution is 7.11. The third kappa shape index (κ3) is 1.45. The van der Waals surface area contributed by atoms with Gasteiger partial charge in [-0.15, -0.1) is 10.2 Å². The number of aromatic nitrogens is 2. The van der Waals surface area contributed by atoms with Crippen LogP contribution in [0.1, 0.15) is 48.0 Å². The van der Waals surface area contributed by atoms with Crippen LogP contribution in [0.5, 0.6) is 0 Å². The fourth-order valence-corrected chi connectivity index (χ4v) is 5.67. The molecule has 0 aliphatic heterocycles. The summed E-state index contributed by atoms with van der Waals surface area (Å²) in [6, 6.07) is 2.11. The topological polar surface area (TPSA) is 49.6 Å². The summed E-state index contributed by atoms with van der Waals surface area (Å²) in [6.07, 6.45) is 7.09. The molecule has 0 atom stereocenters. The van der Waals surface area contributed by atoms with Crippen LogP contribution >= 0.6 is 11.3 Å². The third-order valence-corrected chi connectivity index (χ3v) is 5.98. The van der Waals surface area contributed by atoms with Crippen LogP contribution in [0.4, 0.5) is 0 Å². The molecule has 17 heavy (non-hydrogen) atoms. The van der Waals surface area contributed by atoms with Crippen molar-refractivity contribution in [2.45, 2.75) is 38.0 Å². The molecule has 0 aromatic carbocycles. The number of hydrogen-bond acceptors (Lipinski definition) is 4. The van der Waals surface area contributed by atoms with Crippen LogP contribution in [0.15, 0.2) is 0 Å². The Morgan fingerprint density at radius 1 is 1.00 bits per heavy atom. The maximum absolute atomic E-state index is 8.86. The van der Waals surface area contributed by atoms with Crippen molar-refractivity contribution in [3.8, 4) is 6.07 Å². The molecule has 3 nitrogen and oxygen atoms in total. The standard InChI is InChI=1S/C13H15N3S/c14-6-11-15-16-13(17-11)12-9-2-7-1-8(4-9)5-10(12)3-7/h7-10,12H,1-5H2. The molecule has 4 heteroatoms. The van der Waals surface area contributed by atoms with Crippen LogP contribution in [0.2, 0.25) is 0 Å². The summed E-state index contributed by atoms with van der Waals surface area (Å²) in [6.45, 7) is 0. The van der Waals surface area contributed by atoms with Crippen molar-refractivity contribution in [1.29, 1.82) is 5.26 Å². The lowest BCUT2D eigenvalue weighted by Gasteiger charge is -2.53. The fraction of sp³-hybridized carbons (Fsp3) is 0.769. The minimum Gasteiger partial charge on any atom is -0.190 e. The average Bonchev–Trinajstić information content (AvgIpc) is 2.76. The van der Waals surface area contributed by atoms with E-state index in [0.717, 1.165) is 28.7 Å². The van der Waals surface area contributed by atoms with Crippen molar-refractivity contribution >= 4 is 11.3 Å². The van der Waals surface area contributed by atoms with E-state index in [1.165, 1.54) is 43.4 Å². The normalized spacial score (nSPS) is 42.6. The smallest absolute Gasteiger partial charge is 0.190 e. The zero-order chi connectivity index (χ0) is 11.4. The molecule has 5 rings (SSSR count). The van der Waals surface area contributed by atoms with E-state index in [4.69, 9.17) is 5.26 Å². The van der Waals surface area contributed by atoms with E-state index in [1.807, 2.05) is 0 Å². The van der Waals surface area contributed by atoms with Crippen LogP contribution in [0.3, 0.4) is 0 Å². The van der Waals surface area contributed by atoms with Gasteiger partial charge in [0.2, 0.25) is 5.01 Å². The lowest BCUT2D eigenvalue weighted by atomic mass is 9.52. The monoisotopic (exact) mass is 245 g/mol. The van der Waals surface area contributed by atoms with Gasteiger partial charge >= 0.3 is 0 Å². The molecule has 0 radical (unpaired) electrons. The van der Waals surface area contributed by atoms with E-state index in [2.05, 4.69) is 16.3 Å². The van der Waals surface area contributed by atoms with Crippen LogP contribution in [-0.2, 0) is 0 Å². The van der Waals surface area contributed by atoms with E-state index in [9.17, 15) is 0 Å². The van der Waals surface area contributed by atoms with Crippen molar-refractivity contribution in [1.82, 2.24) is 10.2 Å². The first-order chi connectivity index (χ1) is 8.33. The lowest BCUT2D eigenvalue weighted by molar-refractivity contribution is -0.00303. The maximum Gasteiger partial charge on any atom is 0.217 e. The van der Waals surface area contributed by atoms with Gasteiger partial charge in [-0.3, -0.25) is 0 Å². The Morgan fingerprint density at radius 2 is 1.65 bits per heavy atom. The first-order valence-electron chi connectivity index (χ1n) is 6.57. The predicted octanol–water partition coefficient (Wildman–Crippen LogP) is 2.95. The molecule has 0 amide bonds. The summed E-state index contributed by atoms with van der Waals surface area (Å²) in [7, 11) is 0. The van der Waals surface area contributed by atoms with Gasteiger partial charge in [0.25, 0.3) is 0 Å². The minimum absolute atomic E-state index is 0.536. The number of nitrogens with zero attached hydrogens (tertiary/aromatic N) is 3. The Kier molecular flexibility index (Phi) is 2.07. The molecule has 4 bridgehead atoms. The quantitative estimate of drug-likeness (QED) is 0.764. The zero-order valence-corrected chi connectivity index (χ0v) is 10.5. The van der Waals surface area contributed by atoms with Gasteiger partial charge in [0.15, 0.2) is 0 Å². The second-order valence-corrected chi connectivity index (χ2v) is 7.02. The van der Waals surface area contributed by atoms with Crippen molar-refractivity contribution in [3.05, 3.63) is 10.0 Å². The molecule has 0 spiro atoms. The van der Waals surface area contributed by atoms with Gasteiger partial charge in [-0.05, 0) is 55.8 Å². The number of nitriles is 1. The Hall–Kier alpha value is -0.950. The van der Waals surface area contributed by atoms with Crippen molar-refractivity contribution < 1.29 is 0 Å². The minimum atomic E-state index is 0.536. The van der Waals surface area contributed by atoms with Crippen LogP contribution in [-0.4, -0.2) is 10.2 Å². The Bertz CT molecular complexity index is 459. The third-order valence-electron chi connectivity index (χ3n) is 5.05. The molecule has 1 aromatic heterocycles. The van der Waals surface area contributed by atoms with Crippen molar-refractivity contribution in [2.24, 2.45) is 23.7 Å². The SMILES string of the molecule is N#Cc1nnc(C2C3CC4CC(C3)CC2C4)s1. The second-order valence-electron chi connectivity index (χ2n) is 6.01. The number of rotatable bonds is 1. The fourth-order valence-electron chi connectivity index (χ4n) is 4.74. The Labute approximate surface area is 105 Å². The Morgan fingerprint density at radius 3 is 2.18 bits per heavy atom. The van der Waals surface area contributed by atoms with Gasteiger partial charge in [-0.25, -0.2) is 0 Å². The molecule has 4 saturated carbocycles. The molecule has 0 unspecified atom stereocenters. The molecular formula is C13H15N3S. The average molecular weight is 245 g/mol. The molecule has 0 saturated heterocycles. The summed E-state index contributed by atoms with van der Waals surface area (Å²) in [5.74, 6) is 4.30. The van der Waals surface area contributed by atoms with E-state index in [-0.39, 0.29) is 0 Å². The summed E-state index contributed by atoms with van der Waals surface area (Å²) in [4.78, 5) is 0. The van der Waals surface area contributed by atoms with Crippen LogP contribution in [0.25, 0.3) is 0 Å².